The van der Waals surface area contributed by atoms with E-state index >= 15 is 0 Å². The third kappa shape index (κ3) is 2.32. The van der Waals surface area contributed by atoms with Gasteiger partial charge in [0.1, 0.15) is 0 Å². The fraction of sp³-hybridized carbons (Fsp3) is 0.286. The zero-order valence-corrected chi connectivity index (χ0v) is 6.86. The lowest BCUT2D eigenvalue weighted by molar-refractivity contribution is 0.0959. The highest BCUT2D eigenvalue weighted by Gasteiger charge is 2.03. The minimum absolute atomic E-state index is 0.0366. The number of nitrogens with two attached hydrogens (primary N) is 1. The lowest BCUT2D eigenvalue weighted by Gasteiger charge is -1.98. The molecule has 1 aromatic rings. The average Bonchev–Trinajstić information content (AvgIpc) is 2.52. The summed E-state index contributed by atoms with van der Waals surface area (Å²) < 4.78 is 0. The van der Waals surface area contributed by atoms with Gasteiger partial charge in [0, 0.05) is 13.1 Å². The standard InChI is InChI=1S/C7H10N2OS/c8-3-4-9-7(10)6-2-1-5-11-6/h1-2,5H,3-4,8H2,(H,9,10). The summed E-state index contributed by atoms with van der Waals surface area (Å²) in [5, 5.41) is 4.55. The van der Waals surface area contributed by atoms with Gasteiger partial charge in [-0.15, -0.1) is 11.3 Å². The van der Waals surface area contributed by atoms with Crippen LogP contribution in [0.15, 0.2) is 17.5 Å². The van der Waals surface area contributed by atoms with Gasteiger partial charge in [0.05, 0.1) is 4.88 Å². The Balaban J connectivity index is 2.43. The van der Waals surface area contributed by atoms with Crippen LogP contribution in [0.1, 0.15) is 9.67 Å². The van der Waals surface area contributed by atoms with Crippen molar-refractivity contribution in [1.82, 2.24) is 5.32 Å². The number of thiophene rings is 1. The molecule has 0 aliphatic carbocycles. The number of amides is 1. The van der Waals surface area contributed by atoms with E-state index in [0.29, 0.717) is 13.1 Å². The van der Waals surface area contributed by atoms with Gasteiger partial charge in [0.25, 0.3) is 5.91 Å². The molecule has 0 fully saturated rings. The summed E-state index contributed by atoms with van der Waals surface area (Å²) in [6.07, 6.45) is 0. The van der Waals surface area contributed by atoms with Crippen LogP contribution in [0.3, 0.4) is 0 Å². The zero-order valence-electron chi connectivity index (χ0n) is 6.04. The lowest BCUT2D eigenvalue weighted by atomic mass is 10.4. The molecule has 0 aliphatic heterocycles. The van der Waals surface area contributed by atoms with E-state index in [1.54, 1.807) is 6.07 Å². The number of rotatable bonds is 3. The van der Waals surface area contributed by atoms with Crippen LogP contribution in [0.2, 0.25) is 0 Å². The molecule has 0 radical (unpaired) electrons. The van der Waals surface area contributed by atoms with Gasteiger partial charge in [0.2, 0.25) is 0 Å². The third-order valence-electron chi connectivity index (χ3n) is 1.17. The van der Waals surface area contributed by atoms with E-state index in [9.17, 15) is 4.79 Å². The fourth-order valence-electron chi connectivity index (χ4n) is 0.681. The van der Waals surface area contributed by atoms with Crippen LogP contribution in [0.25, 0.3) is 0 Å². The first kappa shape index (κ1) is 8.23. The summed E-state index contributed by atoms with van der Waals surface area (Å²) in [6, 6.07) is 3.64. The van der Waals surface area contributed by atoms with Crippen molar-refractivity contribution >= 4 is 17.2 Å². The van der Waals surface area contributed by atoms with E-state index in [0.717, 1.165) is 4.88 Å². The van der Waals surface area contributed by atoms with Crippen molar-refractivity contribution < 1.29 is 4.79 Å². The van der Waals surface area contributed by atoms with E-state index in [4.69, 9.17) is 5.73 Å². The van der Waals surface area contributed by atoms with Gasteiger partial charge in [-0.1, -0.05) is 6.07 Å². The first-order chi connectivity index (χ1) is 5.34. The highest BCUT2D eigenvalue weighted by molar-refractivity contribution is 7.12. The maximum atomic E-state index is 11.1. The molecule has 3 nitrogen and oxygen atoms in total. The Labute approximate surface area is 69.2 Å². The molecule has 0 bridgehead atoms. The van der Waals surface area contributed by atoms with Crippen LogP contribution in [0, 0.1) is 0 Å². The fourth-order valence-corrected chi connectivity index (χ4v) is 1.32. The Morgan fingerprint density at radius 1 is 1.73 bits per heavy atom. The second kappa shape index (κ2) is 4.10. The zero-order chi connectivity index (χ0) is 8.10. The summed E-state index contributed by atoms with van der Waals surface area (Å²) in [5.41, 5.74) is 5.22. The van der Waals surface area contributed by atoms with E-state index in [2.05, 4.69) is 5.32 Å². The molecule has 0 aliphatic rings. The molecule has 0 unspecified atom stereocenters. The molecule has 0 saturated carbocycles. The van der Waals surface area contributed by atoms with Crippen LogP contribution < -0.4 is 11.1 Å². The molecule has 1 heterocycles. The van der Waals surface area contributed by atoms with Crippen LogP contribution in [0.5, 0.6) is 0 Å². The van der Waals surface area contributed by atoms with Crippen molar-refractivity contribution in [2.24, 2.45) is 5.73 Å². The average molecular weight is 170 g/mol. The molecular formula is C7H10N2OS. The largest absolute Gasteiger partial charge is 0.350 e. The van der Waals surface area contributed by atoms with Gasteiger partial charge in [-0.3, -0.25) is 4.79 Å². The van der Waals surface area contributed by atoms with Crippen molar-refractivity contribution in [3.8, 4) is 0 Å². The molecule has 0 aromatic carbocycles. The van der Waals surface area contributed by atoms with Gasteiger partial charge in [-0.05, 0) is 11.4 Å². The topological polar surface area (TPSA) is 55.1 Å². The maximum absolute atomic E-state index is 11.1. The molecule has 0 atom stereocenters. The number of carbonyl (C=O) groups is 1. The second-order valence-electron chi connectivity index (χ2n) is 2.02. The van der Waals surface area contributed by atoms with Gasteiger partial charge in [-0.25, -0.2) is 0 Å². The van der Waals surface area contributed by atoms with E-state index < -0.39 is 0 Å². The molecule has 11 heavy (non-hydrogen) atoms. The van der Waals surface area contributed by atoms with E-state index in [-0.39, 0.29) is 5.91 Å². The summed E-state index contributed by atoms with van der Waals surface area (Å²) in [4.78, 5) is 11.8. The van der Waals surface area contributed by atoms with E-state index in [1.165, 1.54) is 11.3 Å². The lowest BCUT2D eigenvalue weighted by Crippen LogP contribution is -2.28. The van der Waals surface area contributed by atoms with Gasteiger partial charge in [-0.2, -0.15) is 0 Å². The minimum Gasteiger partial charge on any atom is -0.350 e. The Hall–Kier alpha value is -0.870. The highest BCUT2D eigenvalue weighted by Crippen LogP contribution is 2.06. The summed E-state index contributed by atoms with van der Waals surface area (Å²) >= 11 is 1.43. The van der Waals surface area contributed by atoms with Gasteiger partial charge in [0.15, 0.2) is 0 Å². The quantitative estimate of drug-likeness (QED) is 0.691. The predicted octanol–water partition coefficient (Wildman–Crippen LogP) is 0.437. The highest BCUT2D eigenvalue weighted by atomic mass is 32.1. The normalized spacial score (nSPS) is 9.55. The second-order valence-corrected chi connectivity index (χ2v) is 2.97. The van der Waals surface area contributed by atoms with Crippen molar-refractivity contribution in [1.29, 1.82) is 0 Å². The molecule has 0 spiro atoms. The van der Waals surface area contributed by atoms with Crippen molar-refractivity contribution in [2.45, 2.75) is 0 Å². The number of carbonyl (C=O) groups excluding carboxylic acids is 1. The smallest absolute Gasteiger partial charge is 0.261 e. The molecular weight excluding hydrogens is 160 g/mol. The monoisotopic (exact) mass is 170 g/mol. The molecule has 1 rings (SSSR count). The first-order valence-corrected chi connectivity index (χ1v) is 4.24. The molecule has 60 valence electrons. The summed E-state index contributed by atoms with van der Waals surface area (Å²) in [5.74, 6) is -0.0366. The first-order valence-electron chi connectivity index (χ1n) is 3.36. The van der Waals surface area contributed by atoms with Crippen LogP contribution in [-0.4, -0.2) is 19.0 Å². The van der Waals surface area contributed by atoms with Crippen LogP contribution in [0.4, 0.5) is 0 Å². The van der Waals surface area contributed by atoms with E-state index in [1.807, 2.05) is 11.4 Å². The molecule has 4 heteroatoms. The van der Waals surface area contributed by atoms with Crippen LogP contribution >= 0.6 is 11.3 Å². The molecule has 1 aromatic heterocycles. The Morgan fingerprint density at radius 2 is 2.55 bits per heavy atom. The Bertz CT molecular complexity index is 220. The summed E-state index contributed by atoms with van der Waals surface area (Å²) in [7, 11) is 0. The maximum Gasteiger partial charge on any atom is 0.261 e. The Morgan fingerprint density at radius 3 is 3.09 bits per heavy atom. The molecule has 0 saturated heterocycles. The SMILES string of the molecule is NCCNC(=O)c1cccs1. The molecule has 3 N–H and O–H groups in total. The van der Waals surface area contributed by atoms with Crippen molar-refractivity contribution in [2.75, 3.05) is 13.1 Å². The number of hydrogen-bond donors (Lipinski definition) is 2. The third-order valence-corrected chi connectivity index (χ3v) is 2.04. The summed E-state index contributed by atoms with van der Waals surface area (Å²) in [6.45, 7) is 1.02. The minimum atomic E-state index is -0.0366. The van der Waals surface area contributed by atoms with Crippen molar-refractivity contribution in [3.63, 3.8) is 0 Å². The van der Waals surface area contributed by atoms with Crippen molar-refractivity contribution in [3.05, 3.63) is 22.4 Å². The number of nitrogens with one attached hydrogen (secondary N) is 1. The Kier molecular flexibility index (Phi) is 3.07. The van der Waals surface area contributed by atoms with Crippen LogP contribution in [-0.2, 0) is 0 Å². The number of hydrogen-bond acceptors (Lipinski definition) is 3. The molecule has 1 amide bonds. The van der Waals surface area contributed by atoms with Gasteiger partial charge >= 0.3 is 0 Å². The predicted molar refractivity (Wildman–Crippen MR) is 45.7 cm³/mol. The van der Waals surface area contributed by atoms with Gasteiger partial charge < -0.3 is 11.1 Å².